The molecule has 128 valence electrons. The Balaban J connectivity index is 1.90. The second kappa shape index (κ2) is 7.68. The first-order valence-electron chi connectivity index (χ1n) is 7.23. The smallest absolute Gasteiger partial charge is 0.258 e. The molecule has 2 aromatic carbocycles. The lowest BCUT2D eigenvalue weighted by Gasteiger charge is -2.15. The first-order chi connectivity index (χ1) is 11.3. The fourth-order valence-corrected chi connectivity index (χ4v) is 2.81. The summed E-state index contributed by atoms with van der Waals surface area (Å²) >= 11 is 5.78. The lowest BCUT2D eigenvalue weighted by atomic mass is 10.1. The number of nitrogens with one attached hydrogen (secondary N) is 1. The molecule has 0 saturated carbocycles. The van der Waals surface area contributed by atoms with Gasteiger partial charge < -0.3 is 10.1 Å². The highest BCUT2D eigenvalue weighted by Crippen LogP contribution is 2.17. The molecule has 5 nitrogen and oxygen atoms in total. The maximum absolute atomic E-state index is 11.9. The monoisotopic (exact) mass is 367 g/mol. The summed E-state index contributed by atoms with van der Waals surface area (Å²) in [7, 11) is -3.23. The number of carbonyl (C=O) groups excluding carboxylic acids is 1. The van der Waals surface area contributed by atoms with Crippen LogP contribution in [-0.4, -0.2) is 27.2 Å². The van der Waals surface area contributed by atoms with Gasteiger partial charge in [-0.25, -0.2) is 8.42 Å². The average Bonchev–Trinajstić information content (AvgIpc) is 2.53. The Morgan fingerprint density at radius 3 is 2.25 bits per heavy atom. The summed E-state index contributed by atoms with van der Waals surface area (Å²) in [4.78, 5) is 12.2. The fraction of sp³-hybridized carbons (Fsp3) is 0.235. The van der Waals surface area contributed by atoms with E-state index in [0.717, 1.165) is 11.8 Å². The SMILES string of the molecule is C[C@H](NC(=O)COc1ccc(Cl)cc1)c1ccc(S(C)(=O)=O)cc1. The van der Waals surface area contributed by atoms with E-state index in [9.17, 15) is 13.2 Å². The lowest BCUT2D eigenvalue weighted by Crippen LogP contribution is -2.31. The zero-order valence-corrected chi connectivity index (χ0v) is 14.9. The van der Waals surface area contributed by atoms with Gasteiger partial charge in [0.25, 0.3) is 5.91 Å². The highest BCUT2D eigenvalue weighted by molar-refractivity contribution is 7.90. The van der Waals surface area contributed by atoms with Crippen molar-refractivity contribution in [2.24, 2.45) is 0 Å². The molecule has 1 amide bonds. The second-order valence-corrected chi connectivity index (χ2v) is 7.83. The Bertz CT molecular complexity index is 801. The summed E-state index contributed by atoms with van der Waals surface area (Å²) in [5.41, 5.74) is 0.808. The van der Waals surface area contributed by atoms with Gasteiger partial charge >= 0.3 is 0 Å². The summed E-state index contributed by atoms with van der Waals surface area (Å²) in [6, 6.07) is 12.9. The number of amides is 1. The van der Waals surface area contributed by atoms with Gasteiger partial charge in [0.2, 0.25) is 0 Å². The lowest BCUT2D eigenvalue weighted by molar-refractivity contribution is -0.123. The zero-order chi connectivity index (χ0) is 17.7. The van der Waals surface area contributed by atoms with Crippen molar-refractivity contribution in [3.8, 4) is 5.75 Å². The summed E-state index contributed by atoms with van der Waals surface area (Å²) in [6.07, 6.45) is 1.15. The van der Waals surface area contributed by atoms with Crippen molar-refractivity contribution in [3.05, 3.63) is 59.1 Å². The van der Waals surface area contributed by atoms with Crippen LogP contribution in [0.25, 0.3) is 0 Å². The van der Waals surface area contributed by atoms with Crippen LogP contribution in [0.1, 0.15) is 18.5 Å². The van der Waals surface area contributed by atoms with Gasteiger partial charge in [-0.3, -0.25) is 4.79 Å². The molecule has 0 spiro atoms. The number of benzene rings is 2. The number of hydrogen-bond donors (Lipinski definition) is 1. The van der Waals surface area contributed by atoms with Crippen LogP contribution in [0.2, 0.25) is 5.02 Å². The first-order valence-corrected chi connectivity index (χ1v) is 9.50. The van der Waals surface area contributed by atoms with Crippen LogP contribution in [0.15, 0.2) is 53.4 Å². The van der Waals surface area contributed by atoms with E-state index >= 15 is 0 Å². The Morgan fingerprint density at radius 2 is 1.71 bits per heavy atom. The molecule has 0 aliphatic carbocycles. The molecular formula is C17H18ClNO4S. The molecule has 2 rings (SSSR count). The van der Waals surface area contributed by atoms with Crippen molar-refractivity contribution in [3.63, 3.8) is 0 Å². The van der Waals surface area contributed by atoms with Crippen molar-refractivity contribution in [1.82, 2.24) is 5.32 Å². The second-order valence-electron chi connectivity index (χ2n) is 5.37. The van der Waals surface area contributed by atoms with Crippen molar-refractivity contribution >= 4 is 27.3 Å². The van der Waals surface area contributed by atoms with E-state index in [0.29, 0.717) is 10.8 Å². The minimum atomic E-state index is -3.23. The van der Waals surface area contributed by atoms with Crippen LogP contribution in [-0.2, 0) is 14.6 Å². The number of sulfone groups is 1. The third-order valence-corrected chi connectivity index (χ3v) is 4.75. The van der Waals surface area contributed by atoms with Gasteiger partial charge in [-0.1, -0.05) is 23.7 Å². The van der Waals surface area contributed by atoms with E-state index in [1.165, 1.54) is 12.1 Å². The largest absolute Gasteiger partial charge is 0.484 e. The highest BCUT2D eigenvalue weighted by atomic mass is 35.5. The summed E-state index contributed by atoms with van der Waals surface area (Å²) < 4.78 is 28.2. The molecule has 0 aromatic heterocycles. The molecule has 0 unspecified atom stereocenters. The fourth-order valence-electron chi connectivity index (χ4n) is 2.05. The van der Waals surface area contributed by atoms with Crippen LogP contribution < -0.4 is 10.1 Å². The van der Waals surface area contributed by atoms with Gasteiger partial charge in [-0.15, -0.1) is 0 Å². The van der Waals surface area contributed by atoms with Gasteiger partial charge in [0.1, 0.15) is 5.75 Å². The molecule has 0 fully saturated rings. The molecule has 1 atom stereocenters. The van der Waals surface area contributed by atoms with E-state index in [4.69, 9.17) is 16.3 Å². The van der Waals surface area contributed by atoms with E-state index in [1.54, 1.807) is 36.4 Å². The summed E-state index contributed by atoms with van der Waals surface area (Å²) in [5.74, 6) is 0.282. The quantitative estimate of drug-likeness (QED) is 0.851. The predicted octanol–water partition coefficient (Wildman–Crippen LogP) is 3.00. The molecule has 1 N–H and O–H groups in total. The van der Waals surface area contributed by atoms with E-state index in [1.807, 2.05) is 6.92 Å². The van der Waals surface area contributed by atoms with E-state index < -0.39 is 9.84 Å². The van der Waals surface area contributed by atoms with Gasteiger partial charge in [-0.05, 0) is 48.9 Å². The van der Waals surface area contributed by atoms with Crippen molar-refractivity contribution in [2.75, 3.05) is 12.9 Å². The Hall–Kier alpha value is -2.05. The molecule has 0 aliphatic heterocycles. The van der Waals surface area contributed by atoms with E-state index in [-0.39, 0.29) is 23.5 Å². The maximum Gasteiger partial charge on any atom is 0.258 e. The normalized spacial score (nSPS) is 12.5. The first kappa shape index (κ1) is 18.3. The Kier molecular flexibility index (Phi) is 5.85. The molecule has 0 bridgehead atoms. The molecular weight excluding hydrogens is 350 g/mol. The molecule has 2 aromatic rings. The van der Waals surface area contributed by atoms with Crippen LogP contribution in [0, 0.1) is 0 Å². The molecule has 0 heterocycles. The Morgan fingerprint density at radius 1 is 1.12 bits per heavy atom. The summed E-state index contributed by atoms with van der Waals surface area (Å²) in [5, 5.41) is 3.39. The van der Waals surface area contributed by atoms with Crippen LogP contribution in [0.4, 0.5) is 0 Å². The Labute approximate surface area is 146 Å². The minimum Gasteiger partial charge on any atom is -0.484 e. The summed E-state index contributed by atoms with van der Waals surface area (Å²) in [6.45, 7) is 1.70. The van der Waals surface area contributed by atoms with Gasteiger partial charge in [0.15, 0.2) is 16.4 Å². The third-order valence-electron chi connectivity index (χ3n) is 3.37. The number of hydrogen-bond acceptors (Lipinski definition) is 4. The highest BCUT2D eigenvalue weighted by Gasteiger charge is 2.12. The number of carbonyl (C=O) groups is 1. The van der Waals surface area contributed by atoms with Crippen LogP contribution in [0.3, 0.4) is 0 Å². The minimum absolute atomic E-state index is 0.118. The predicted molar refractivity (Wildman–Crippen MR) is 93.1 cm³/mol. The molecule has 0 aliphatic rings. The van der Waals surface area contributed by atoms with Gasteiger partial charge in [0.05, 0.1) is 10.9 Å². The number of rotatable bonds is 6. The maximum atomic E-state index is 11.9. The van der Waals surface area contributed by atoms with Crippen molar-refractivity contribution in [2.45, 2.75) is 17.9 Å². The number of ether oxygens (including phenoxy) is 1. The van der Waals surface area contributed by atoms with Crippen molar-refractivity contribution < 1.29 is 17.9 Å². The molecule has 7 heteroatoms. The van der Waals surface area contributed by atoms with Gasteiger partial charge in [-0.2, -0.15) is 0 Å². The van der Waals surface area contributed by atoms with Crippen LogP contribution >= 0.6 is 11.6 Å². The number of halogens is 1. The average molecular weight is 368 g/mol. The molecule has 24 heavy (non-hydrogen) atoms. The van der Waals surface area contributed by atoms with Crippen molar-refractivity contribution in [1.29, 1.82) is 0 Å². The van der Waals surface area contributed by atoms with Crippen LogP contribution in [0.5, 0.6) is 5.75 Å². The standard InChI is InChI=1S/C17H18ClNO4S/c1-12(13-3-9-16(10-4-13)24(2,21)22)19-17(20)11-23-15-7-5-14(18)6-8-15/h3-10,12H,11H2,1-2H3,(H,19,20)/t12-/m0/s1. The topological polar surface area (TPSA) is 72.5 Å². The molecule has 0 saturated heterocycles. The van der Waals surface area contributed by atoms with E-state index in [2.05, 4.69) is 5.32 Å². The third kappa shape index (κ3) is 5.25. The zero-order valence-electron chi connectivity index (χ0n) is 13.3. The van der Waals surface area contributed by atoms with Gasteiger partial charge in [0, 0.05) is 11.3 Å². The molecule has 0 radical (unpaired) electrons.